The van der Waals surface area contributed by atoms with Crippen molar-refractivity contribution in [3.8, 4) is 11.1 Å². The first kappa shape index (κ1) is 36.0. The summed E-state index contributed by atoms with van der Waals surface area (Å²) in [6.07, 6.45) is 4.31. The van der Waals surface area contributed by atoms with Gasteiger partial charge in [0.2, 0.25) is 21.8 Å². The molecule has 5 rings (SSSR count). The molecule has 49 heavy (non-hydrogen) atoms. The Bertz CT molecular complexity index is 1730. The van der Waals surface area contributed by atoms with Gasteiger partial charge in [0, 0.05) is 36.2 Å². The van der Waals surface area contributed by atoms with E-state index in [0.29, 0.717) is 30.3 Å². The van der Waals surface area contributed by atoms with Gasteiger partial charge in [-0.25, -0.2) is 24.5 Å². The van der Waals surface area contributed by atoms with Crippen molar-refractivity contribution in [2.45, 2.75) is 62.4 Å². The summed E-state index contributed by atoms with van der Waals surface area (Å²) in [5.74, 6) is 5.19. The van der Waals surface area contributed by atoms with Crippen LogP contribution in [0.15, 0.2) is 76.7 Å². The Labute approximate surface area is 287 Å². The van der Waals surface area contributed by atoms with Crippen LogP contribution in [0.25, 0.3) is 11.1 Å². The fourth-order valence-electron chi connectivity index (χ4n) is 6.47. The third-order valence-electron chi connectivity index (χ3n) is 9.41. The van der Waals surface area contributed by atoms with E-state index < -0.39 is 16.1 Å². The van der Waals surface area contributed by atoms with Crippen LogP contribution in [-0.4, -0.2) is 57.8 Å². The van der Waals surface area contributed by atoms with Gasteiger partial charge in [-0.15, -0.1) is 5.10 Å². The molecule has 1 saturated heterocycles. The smallest absolute Gasteiger partial charge is 0.247 e. The summed E-state index contributed by atoms with van der Waals surface area (Å²) in [6.45, 7) is 3.92. The summed E-state index contributed by atoms with van der Waals surface area (Å²) in [6, 6.07) is 18.8. The highest BCUT2D eigenvalue weighted by molar-refractivity contribution is 7.89. The van der Waals surface area contributed by atoms with Crippen molar-refractivity contribution in [2.75, 3.05) is 25.0 Å². The third kappa shape index (κ3) is 9.43. The number of anilines is 1. The van der Waals surface area contributed by atoms with E-state index in [9.17, 15) is 18.0 Å². The molecule has 2 aliphatic rings. The second-order valence-electron chi connectivity index (χ2n) is 12.9. The number of hydrogen-bond acceptors (Lipinski definition) is 9. The number of amides is 2. The lowest BCUT2D eigenvalue weighted by Crippen LogP contribution is -2.48. The topological polar surface area (TPSA) is 219 Å². The molecule has 1 heterocycles. The maximum Gasteiger partial charge on any atom is 0.247 e. The average molecular weight is 690 g/mol. The molecule has 1 aliphatic carbocycles. The molecule has 3 aromatic carbocycles. The van der Waals surface area contributed by atoms with E-state index in [1.54, 1.807) is 36.4 Å². The number of sulfonamides is 1. The van der Waals surface area contributed by atoms with Crippen LogP contribution >= 0.6 is 0 Å². The van der Waals surface area contributed by atoms with Crippen LogP contribution < -0.4 is 43.5 Å². The lowest BCUT2D eigenvalue weighted by Gasteiger charge is -2.28. The van der Waals surface area contributed by atoms with Crippen LogP contribution in [0.5, 0.6) is 0 Å². The minimum atomic E-state index is -3.63. The Morgan fingerprint density at radius 2 is 1.69 bits per heavy atom. The molecule has 2 fully saturated rings. The van der Waals surface area contributed by atoms with Crippen LogP contribution in [0.1, 0.15) is 48.8 Å². The van der Waals surface area contributed by atoms with Crippen LogP contribution in [0, 0.1) is 18.8 Å². The lowest BCUT2D eigenvalue weighted by atomic mass is 9.81. The zero-order valence-electron chi connectivity index (χ0n) is 27.7. The van der Waals surface area contributed by atoms with E-state index in [1.165, 1.54) is 0 Å². The molecule has 11 N–H and O–H groups in total. The van der Waals surface area contributed by atoms with Gasteiger partial charge >= 0.3 is 0 Å². The van der Waals surface area contributed by atoms with E-state index in [2.05, 4.69) is 31.3 Å². The lowest BCUT2D eigenvalue weighted by molar-refractivity contribution is -0.130. The number of carbonyl (C=O) groups excluding carboxylic acids is 2. The number of hydrogen-bond donors (Lipinski definition) is 8. The molecule has 262 valence electrons. The van der Waals surface area contributed by atoms with Crippen LogP contribution in [0.3, 0.4) is 0 Å². The molecule has 3 aromatic rings. The van der Waals surface area contributed by atoms with Crippen molar-refractivity contribution in [1.82, 2.24) is 20.9 Å². The van der Waals surface area contributed by atoms with E-state index in [4.69, 9.17) is 17.3 Å². The Morgan fingerprint density at radius 3 is 2.31 bits per heavy atom. The molecule has 0 radical (unpaired) electrons. The van der Waals surface area contributed by atoms with E-state index in [1.807, 2.05) is 37.3 Å². The number of hydrazine groups is 1. The largest absolute Gasteiger partial charge is 0.382 e. The standard InChI is InChI=1S/C35H47N9O4S/c1-22-18-30(49(47,48)43-29-16-17-39-21-29)14-15-31(22)25-6-2-23(3-7-25)19-32(41-34(45)27-8-4-24(20-36)5-9-27)35(46)40-28-12-10-26(11-13-28)33(37)42-44-38/h2-3,6-7,10-15,18,24,27,29,32,39,43-44H,4-5,8-9,16-17,19-21,36,38H2,1H3,(H2,37,42)(H,40,46)(H,41,45)/t24?,27?,29-,32+/m1/s1. The average Bonchev–Trinajstić information content (AvgIpc) is 3.61. The Balaban J connectivity index is 1.30. The summed E-state index contributed by atoms with van der Waals surface area (Å²) >= 11 is 0. The maximum atomic E-state index is 13.6. The highest BCUT2D eigenvalue weighted by Gasteiger charge is 2.30. The first-order valence-electron chi connectivity index (χ1n) is 16.7. The minimum Gasteiger partial charge on any atom is -0.382 e. The summed E-state index contributed by atoms with van der Waals surface area (Å²) < 4.78 is 28.7. The molecule has 0 aromatic heterocycles. The second kappa shape index (κ2) is 16.4. The van der Waals surface area contributed by atoms with Gasteiger partial charge in [-0.05, 0) is 117 Å². The summed E-state index contributed by atoms with van der Waals surface area (Å²) in [4.78, 5) is 27.3. The number of amidine groups is 1. The number of rotatable bonds is 13. The van der Waals surface area contributed by atoms with E-state index in [0.717, 1.165) is 60.9 Å². The maximum absolute atomic E-state index is 13.6. The molecule has 2 atom stereocenters. The SMILES string of the molecule is Cc1cc(S(=O)(=O)N[C@@H]2CCNC2)ccc1-c1ccc(C[C@H](NC(=O)C2CCC(CN)CC2)C(=O)Nc2ccc(/C(N)=N/NN)cc2)cc1. The number of nitrogens with zero attached hydrogens (tertiary/aromatic N) is 1. The van der Waals surface area contributed by atoms with Gasteiger partial charge in [-0.2, -0.15) is 0 Å². The molecule has 1 saturated carbocycles. The highest BCUT2D eigenvalue weighted by Crippen LogP contribution is 2.29. The zero-order chi connectivity index (χ0) is 35.0. The molecule has 0 bridgehead atoms. The van der Waals surface area contributed by atoms with Crippen molar-refractivity contribution >= 4 is 33.4 Å². The fraction of sp³-hybridized carbons (Fsp3) is 0.400. The predicted molar refractivity (Wildman–Crippen MR) is 191 cm³/mol. The van der Waals surface area contributed by atoms with Crippen LogP contribution in [0.2, 0.25) is 0 Å². The Morgan fingerprint density at radius 1 is 0.980 bits per heavy atom. The number of carbonyl (C=O) groups is 2. The van der Waals surface area contributed by atoms with Gasteiger partial charge in [0.15, 0.2) is 5.84 Å². The van der Waals surface area contributed by atoms with Gasteiger partial charge in [0.25, 0.3) is 0 Å². The highest BCUT2D eigenvalue weighted by atomic mass is 32.2. The Kier molecular flexibility index (Phi) is 12.0. The third-order valence-corrected chi connectivity index (χ3v) is 10.9. The fourth-order valence-corrected chi connectivity index (χ4v) is 7.83. The van der Waals surface area contributed by atoms with Crippen LogP contribution in [-0.2, 0) is 26.0 Å². The summed E-state index contributed by atoms with van der Waals surface area (Å²) in [5.41, 5.74) is 18.5. The van der Waals surface area contributed by atoms with E-state index in [-0.39, 0.29) is 40.9 Å². The molecule has 1 aliphatic heterocycles. The van der Waals surface area contributed by atoms with Gasteiger partial charge in [0.1, 0.15) is 6.04 Å². The predicted octanol–water partition coefficient (Wildman–Crippen LogP) is 1.82. The van der Waals surface area contributed by atoms with Gasteiger partial charge in [0.05, 0.1) is 4.90 Å². The van der Waals surface area contributed by atoms with E-state index >= 15 is 0 Å². The van der Waals surface area contributed by atoms with Crippen molar-refractivity contribution in [2.24, 2.45) is 34.2 Å². The number of benzene rings is 3. The number of aryl methyl sites for hydroxylation is 1. The van der Waals surface area contributed by atoms with Crippen molar-refractivity contribution in [3.05, 3.63) is 83.4 Å². The summed E-state index contributed by atoms with van der Waals surface area (Å²) in [5, 5.41) is 12.9. The van der Waals surface area contributed by atoms with Crippen LogP contribution in [0.4, 0.5) is 5.69 Å². The number of hydrazone groups is 1. The number of nitrogens with one attached hydrogen (secondary N) is 5. The first-order chi connectivity index (χ1) is 23.6. The van der Waals surface area contributed by atoms with Gasteiger partial charge in [-0.1, -0.05) is 30.3 Å². The molecule has 0 spiro atoms. The van der Waals surface area contributed by atoms with Gasteiger partial charge in [-0.3, -0.25) is 9.59 Å². The second-order valence-corrected chi connectivity index (χ2v) is 14.6. The monoisotopic (exact) mass is 689 g/mol. The minimum absolute atomic E-state index is 0.112. The quantitative estimate of drug-likeness (QED) is 0.0567. The van der Waals surface area contributed by atoms with Gasteiger partial charge < -0.3 is 27.4 Å². The Hall–Kier alpha value is -4.34. The first-order valence-corrected chi connectivity index (χ1v) is 18.2. The number of nitrogens with two attached hydrogens (primary N) is 3. The molecular formula is C35H47N9O4S. The molecular weight excluding hydrogens is 643 g/mol. The zero-order valence-corrected chi connectivity index (χ0v) is 28.6. The van der Waals surface area contributed by atoms with Crippen molar-refractivity contribution in [3.63, 3.8) is 0 Å². The molecule has 2 amide bonds. The molecule has 13 nitrogen and oxygen atoms in total. The molecule has 0 unspecified atom stereocenters. The normalized spacial score (nSPS) is 20.4. The summed E-state index contributed by atoms with van der Waals surface area (Å²) in [7, 11) is -3.63. The van der Waals surface area contributed by atoms with Crippen molar-refractivity contribution in [1.29, 1.82) is 0 Å². The van der Waals surface area contributed by atoms with Crippen molar-refractivity contribution < 1.29 is 18.0 Å². The molecule has 14 heteroatoms.